The Hall–Kier alpha value is -1.96. The predicted octanol–water partition coefficient (Wildman–Crippen LogP) is 1.50. The molecule has 0 unspecified atom stereocenters. The van der Waals surface area contributed by atoms with Crippen LogP contribution < -0.4 is 14.8 Å². The van der Waals surface area contributed by atoms with Gasteiger partial charge in [-0.05, 0) is 11.6 Å². The lowest BCUT2D eigenvalue weighted by Gasteiger charge is -2.21. The van der Waals surface area contributed by atoms with Gasteiger partial charge in [0.2, 0.25) is 6.41 Å². The van der Waals surface area contributed by atoms with Gasteiger partial charge in [0.25, 0.3) is 0 Å². The molecular weight excluding hydrogens is 279 g/mol. The number of aliphatic hydroxyl groups is 1. The van der Waals surface area contributed by atoms with Crippen LogP contribution in [0.2, 0.25) is 0 Å². The van der Waals surface area contributed by atoms with Crippen LogP contribution in [-0.2, 0) is 11.0 Å². The van der Waals surface area contributed by atoms with Crippen molar-refractivity contribution in [2.24, 2.45) is 0 Å². The number of aliphatic hydroxyl groups excluding tert-OH is 1. The number of alkyl halides is 3. The molecule has 0 aromatic heterocycles. The molecule has 0 bridgehead atoms. The minimum Gasteiger partial charge on any atom is -0.493 e. The number of amides is 1. The summed E-state index contributed by atoms with van der Waals surface area (Å²) in [5.74, 6) is -0.609. The van der Waals surface area contributed by atoms with Crippen LogP contribution in [0.5, 0.6) is 11.5 Å². The van der Waals surface area contributed by atoms with Crippen molar-refractivity contribution < 1.29 is 32.5 Å². The number of ether oxygens (including phenoxy) is 2. The molecule has 0 aliphatic heterocycles. The molecule has 8 heteroatoms. The minimum absolute atomic E-state index is 0.0980. The quantitative estimate of drug-likeness (QED) is 0.780. The molecule has 0 radical (unpaired) electrons. The molecule has 0 spiro atoms. The zero-order valence-corrected chi connectivity index (χ0v) is 10.8. The molecule has 0 fully saturated rings. The number of hydrogen-bond donors (Lipinski definition) is 2. The van der Waals surface area contributed by atoms with Crippen LogP contribution in [0.1, 0.15) is 17.2 Å². The monoisotopic (exact) mass is 293 g/mol. The smallest absolute Gasteiger partial charge is 0.420 e. The fraction of sp³-hybridized carbons (Fsp3) is 0.417. The highest BCUT2D eigenvalue weighted by molar-refractivity contribution is 5.53. The van der Waals surface area contributed by atoms with E-state index in [1.807, 2.05) is 0 Å². The van der Waals surface area contributed by atoms with E-state index in [2.05, 4.69) is 5.32 Å². The van der Waals surface area contributed by atoms with Gasteiger partial charge in [-0.25, -0.2) is 0 Å². The fourth-order valence-corrected chi connectivity index (χ4v) is 1.78. The average Bonchev–Trinajstić information content (AvgIpc) is 2.41. The van der Waals surface area contributed by atoms with E-state index < -0.39 is 29.2 Å². The van der Waals surface area contributed by atoms with Crippen molar-refractivity contribution in [3.8, 4) is 11.5 Å². The second-order valence-corrected chi connectivity index (χ2v) is 3.80. The lowest BCUT2D eigenvalue weighted by atomic mass is 10.00. The summed E-state index contributed by atoms with van der Waals surface area (Å²) in [4.78, 5) is 10.2. The van der Waals surface area contributed by atoms with Crippen LogP contribution in [0.15, 0.2) is 12.1 Å². The van der Waals surface area contributed by atoms with Gasteiger partial charge >= 0.3 is 6.18 Å². The third-order valence-electron chi connectivity index (χ3n) is 2.61. The first kappa shape index (κ1) is 16.1. The first-order valence-electron chi connectivity index (χ1n) is 5.54. The molecule has 0 heterocycles. The maximum absolute atomic E-state index is 13.2. The molecule has 1 amide bonds. The van der Waals surface area contributed by atoms with E-state index in [1.54, 1.807) is 0 Å². The van der Waals surface area contributed by atoms with Crippen LogP contribution in [0.25, 0.3) is 0 Å². The van der Waals surface area contributed by atoms with Gasteiger partial charge in [-0.2, -0.15) is 13.2 Å². The largest absolute Gasteiger partial charge is 0.493 e. The lowest BCUT2D eigenvalue weighted by Crippen LogP contribution is -2.23. The Morgan fingerprint density at radius 3 is 2.45 bits per heavy atom. The third-order valence-corrected chi connectivity index (χ3v) is 2.61. The van der Waals surface area contributed by atoms with Crippen molar-refractivity contribution in [3.63, 3.8) is 0 Å². The molecule has 1 aromatic carbocycles. The molecule has 5 nitrogen and oxygen atoms in total. The summed E-state index contributed by atoms with van der Waals surface area (Å²) >= 11 is 0. The molecule has 1 rings (SSSR count). The number of nitrogens with one attached hydrogen (secondary N) is 1. The predicted molar refractivity (Wildman–Crippen MR) is 63.6 cm³/mol. The molecule has 2 N–H and O–H groups in total. The van der Waals surface area contributed by atoms with Crippen LogP contribution >= 0.6 is 0 Å². The number of carbonyl (C=O) groups excluding carboxylic acids is 1. The summed E-state index contributed by atoms with van der Waals surface area (Å²) in [6.07, 6.45) is -5.97. The summed E-state index contributed by atoms with van der Waals surface area (Å²) in [6.45, 7) is -0.345. The van der Waals surface area contributed by atoms with Gasteiger partial charge in [-0.1, -0.05) is 6.07 Å². The van der Waals surface area contributed by atoms with Gasteiger partial charge in [-0.15, -0.1) is 0 Å². The first-order chi connectivity index (χ1) is 9.36. The maximum atomic E-state index is 13.2. The van der Waals surface area contributed by atoms with Crippen molar-refractivity contribution in [3.05, 3.63) is 23.3 Å². The van der Waals surface area contributed by atoms with Gasteiger partial charge in [0, 0.05) is 6.54 Å². The molecular formula is C12H14F3NO4. The number of rotatable bonds is 6. The Morgan fingerprint density at radius 1 is 1.35 bits per heavy atom. The Morgan fingerprint density at radius 2 is 2.00 bits per heavy atom. The van der Waals surface area contributed by atoms with Crippen molar-refractivity contribution in [2.45, 2.75) is 12.3 Å². The van der Waals surface area contributed by atoms with Gasteiger partial charge < -0.3 is 19.9 Å². The normalized spacial score (nSPS) is 12.7. The molecule has 0 saturated carbocycles. The van der Waals surface area contributed by atoms with Gasteiger partial charge in [-0.3, -0.25) is 4.79 Å². The molecule has 0 aliphatic carbocycles. The van der Waals surface area contributed by atoms with Gasteiger partial charge in [0.15, 0.2) is 11.5 Å². The number of hydrogen-bond acceptors (Lipinski definition) is 4. The summed E-state index contributed by atoms with van der Waals surface area (Å²) in [6, 6.07) is 2.34. The van der Waals surface area contributed by atoms with E-state index in [1.165, 1.54) is 13.2 Å². The van der Waals surface area contributed by atoms with E-state index in [0.717, 1.165) is 13.2 Å². The zero-order valence-electron chi connectivity index (χ0n) is 10.8. The summed E-state index contributed by atoms with van der Waals surface area (Å²) in [5, 5.41) is 11.9. The lowest BCUT2D eigenvalue weighted by molar-refractivity contribution is -0.140. The SMILES string of the molecule is COc1ccc([C@H](O)CNC=O)c(C(F)(F)F)c1OC. The second-order valence-electron chi connectivity index (χ2n) is 3.80. The van der Waals surface area contributed by atoms with Gasteiger partial charge in [0.1, 0.15) is 5.56 Å². The number of benzene rings is 1. The molecule has 0 saturated heterocycles. The van der Waals surface area contributed by atoms with Crippen molar-refractivity contribution in [1.82, 2.24) is 5.32 Å². The van der Waals surface area contributed by atoms with Crippen LogP contribution in [-0.4, -0.2) is 32.3 Å². The molecule has 0 aliphatic rings. The van der Waals surface area contributed by atoms with E-state index in [0.29, 0.717) is 0 Å². The van der Waals surface area contributed by atoms with E-state index in [9.17, 15) is 23.1 Å². The van der Waals surface area contributed by atoms with E-state index in [-0.39, 0.29) is 18.7 Å². The van der Waals surface area contributed by atoms with E-state index in [4.69, 9.17) is 9.47 Å². The standard InChI is InChI=1S/C12H14F3NO4/c1-19-9-4-3-7(8(18)5-16-6-17)10(11(9)20-2)12(13,14)15/h3-4,6,8,18H,5H2,1-2H3,(H,16,17)/t8-/m1/s1. The number of methoxy groups -OCH3 is 2. The van der Waals surface area contributed by atoms with Crippen LogP contribution in [0.3, 0.4) is 0 Å². The number of carbonyl (C=O) groups is 1. The zero-order chi connectivity index (χ0) is 15.3. The Kier molecular flexibility index (Phi) is 5.20. The maximum Gasteiger partial charge on any atom is 0.420 e. The number of halogens is 3. The summed E-state index contributed by atoms with van der Waals surface area (Å²) in [7, 11) is 2.29. The Labute approximate surface area is 113 Å². The Balaban J connectivity index is 3.40. The second kappa shape index (κ2) is 6.47. The first-order valence-corrected chi connectivity index (χ1v) is 5.54. The summed E-state index contributed by atoms with van der Waals surface area (Å²) in [5.41, 5.74) is -1.52. The van der Waals surface area contributed by atoms with Crippen molar-refractivity contribution in [1.29, 1.82) is 0 Å². The summed E-state index contributed by atoms with van der Waals surface area (Å²) < 4.78 is 49.0. The van der Waals surface area contributed by atoms with Crippen LogP contribution in [0.4, 0.5) is 13.2 Å². The highest BCUT2D eigenvalue weighted by Crippen LogP contribution is 2.45. The minimum atomic E-state index is -4.74. The molecule has 20 heavy (non-hydrogen) atoms. The third kappa shape index (κ3) is 3.32. The highest BCUT2D eigenvalue weighted by atomic mass is 19.4. The van der Waals surface area contributed by atoms with Crippen molar-refractivity contribution >= 4 is 6.41 Å². The average molecular weight is 293 g/mol. The molecule has 1 aromatic rings. The molecule has 112 valence electrons. The fourth-order valence-electron chi connectivity index (χ4n) is 1.78. The molecule has 1 atom stereocenters. The van der Waals surface area contributed by atoms with Gasteiger partial charge in [0.05, 0.1) is 20.3 Å². The van der Waals surface area contributed by atoms with E-state index >= 15 is 0 Å². The topological polar surface area (TPSA) is 67.8 Å². The Bertz CT molecular complexity index is 477. The highest BCUT2D eigenvalue weighted by Gasteiger charge is 2.40. The van der Waals surface area contributed by atoms with Crippen molar-refractivity contribution in [2.75, 3.05) is 20.8 Å². The van der Waals surface area contributed by atoms with Crippen LogP contribution in [0, 0.1) is 0 Å².